The molecule has 0 fully saturated rings. The summed E-state index contributed by atoms with van der Waals surface area (Å²) < 4.78 is 16.8. The number of nitrogens with one attached hydrogen (secondary N) is 1. The highest BCUT2D eigenvalue weighted by atomic mass is 16.5. The van der Waals surface area contributed by atoms with Gasteiger partial charge in [-0.1, -0.05) is 24.3 Å². The van der Waals surface area contributed by atoms with Gasteiger partial charge >= 0.3 is 0 Å². The quantitative estimate of drug-likeness (QED) is 0.773. The molecule has 1 amide bonds. The van der Waals surface area contributed by atoms with E-state index >= 15 is 0 Å². The molecular weight excluding hydrogens is 342 g/mol. The molecule has 1 aliphatic rings. The van der Waals surface area contributed by atoms with Crippen molar-refractivity contribution in [1.29, 1.82) is 0 Å². The Morgan fingerprint density at radius 2 is 1.74 bits per heavy atom. The summed E-state index contributed by atoms with van der Waals surface area (Å²) in [5.74, 6) is 2.02. The molecule has 5 heteroatoms. The lowest BCUT2D eigenvalue weighted by molar-refractivity contribution is -0.123. The number of methoxy groups -OCH3 is 1. The number of carbonyl (C=O) groups is 1. The predicted molar refractivity (Wildman–Crippen MR) is 105 cm³/mol. The number of rotatable bonds is 8. The van der Waals surface area contributed by atoms with Crippen LogP contribution in [-0.4, -0.2) is 32.3 Å². The summed E-state index contributed by atoms with van der Waals surface area (Å²) in [4.78, 5) is 12.2. The molecule has 1 aliphatic carbocycles. The molecule has 0 saturated heterocycles. The zero-order chi connectivity index (χ0) is 19.1. The van der Waals surface area contributed by atoms with Crippen molar-refractivity contribution in [2.45, 2.75) is 38.6 Å². The maximum atomic E-state index is 12.2. The first kappa shape index (κ1) is 19.1. The predicted octanol–water partition coefficient (Wildman–Crippen LogP) is 3.54. The first-order chi connectivity index (χ1) is 13.2. The van der Waals surface area contributed by atoms with Crippen molar-refractivity contribution in [3.05, 3.63) is 53.6 Å². The summed E-state index contributed by atoms with van der Waals surface area (Å²) >= 11 is 0. The average Bonchev–Trinajstić information content (AvgIpc) is 2.71. The maximum Gasteiger partial charge on any atom is 0.258 e. The highest BCUT2D eigenvalue weighted by Crippen LogP contribution is 2.29. The number of hydrogen-bond donors (Lipinski definition) is 1. The summed E-state index contributed by atoms with van der Waals surface area (Å²) in [6.07, 6.45) is 4.52. The van der Waals surface area contributed by atoms with Gasteiger partial charge < -0.3 is 19.5 Å². The maximum absolute atomic E-state index is 12.2. The molecule has 144 valence electrons. The molecule has 27 heavy (non-hydrogen) atoms. The van der Waals surface area contributed by atoms with Gasteiger partial charge in [0.1, 0.15) is 12.4 Å². The van der Waals surface area contributed by atoms with Crippen LogP contribution >= 0.6 is 0 Å². The topological polar surface area (TPSA) is 56.8 Å². The summed E-state index contributed by atoms with van der Waals surface area (Å²) in [5, 5.41) is 2.91. The molecule has 0 spiro atoms. The Bertz CT molecular complexity index is 775. The molecule has 5 nitrogen and oxygen atoms in total. The Morgan fingerprint density at radius 3 is 2.56 bits per heavy atom. The van der Waals surface area contributed by atoms with Gasteiger partial charge in [0.05, 0.1) is 13.2 Å². The minimum atomic E-state index is -0.153. The SMILES string of the molecule is COc1ccccc1OCC(C)NC(=O)COc1cccc2c1CCCC2. The van der Waals surface area contributed by atoms with Crippen LogP contribution in [0.4, 0.5) is 0 Å². The monoisotopic (exact) mass is 369 g/mol. The van der Waals surface area contributed by atoms with Crippen molar-refractivity contribution in [1.82, 2.24) is 5.32 Å². The fraction of sp³-hybridized carbons (Fsp3) is 0.409. The van der Waals surface area contributed by atoms with Crippen molar-refractivity contribution in [3.8, 4) is 17.2 Å². The summed E-state index contributed by atoms with van der Waals surface area (Å²) in [6, 6.07) is 13.4. The van der Waals surface area contributed by atoms with E-state index in [1.807, 2.05) is 43.3 Å². The number of para-hydroxylation sites is 2. The van der Waals surface area contributed by atoms with Crippen LogP contribution in [0.5, 0.6) is 17.2 Å². The molecule has 0 saturated carbocycles. The molecule has 2 aromatic carbocycles. The third kappa shape index (κ3) is 5.16. The number of aryl methyl sites for hydroxylation is 1. The number of hydrogen-bond acceptors (Lipinski definition) is 4. The third-order valence-corrected chi connectivity index (χ3v) is 4.68. The van der Waals surface area contributed by atoms with Gasteiger partial charge in [-0.2, -0.15) is 0 Å². The number of fused-ring (bicyclic) bond motifs is 1. The molecule has 0 bridgehead atoms. The van der Waals surface area contributed by atoms with Gasteiger partial charge in [-0.25, -0.2) is 0 Å². The van der Waals surface area contributed by atoms with Crippen LogP contribution in [0.1, 0.15) is 30.9 Å². The van der Waals surface area contributed by atoms with Gasteiger partial charge in [0, 0.05) is 0 Å². The summed E-state index contributed by atoms with van der Waals surface area (Å²) in [6.45, 7) is 2.26. The highest BCUT2D eigenvalue weighted by Gasteiger charge is 2.15. The van der Waals surface area contributed by atoms with Crippen molar-refractivity contribution in [3.63, 3.8) is 0 Å². The minimum Gasteiger partial charge on any atom is -0.493 e. The van der Waals surface area contributed by atoms with E-state index in [9.17, 15) is 4.79 Å². The standard InChI is InChI=1S/C22H27NO4/c1-16(14-26-21-12-6-5-11-20(21)25-2)23-22(24)15-27-19-13-7-9-17-8-3-4-10-18(17)19/h5-7,9,11-13,16H,3-4,8,10,14-15H2,1-2H3,(H,23,24). The zero-order valence-electron chi connectivity index (χ0n) is 16.0. The van der Waals surface area contributed by atoms with Gasteiger partial charge in [0.2, 0.25) is 0 Å². The average molecular weight is 369 g/mol. The van der Waals surface area contributed by atoms with Gasteiger partial charge in [-0.05, 0) is 61.9 Å². The molecule has 3 rings (SSSR count). The number of amides is 1. The second-order valence-corrected chi connectivity index (χ2v) is 6.82. The van der Waals surface area contributed by atoms with E-state index in [0.717, 1.165) is 18.6 Å². The number of carbonyl (C=O) groups excluding carboxylic acids is 1. The fourth-order valence-electron chi connectivity index (χ4n) is 3.34. The first-order valence-corrected chi connectivity index (χ1v) is 9.46. The molecule has 0 radical (unpaired) electrons. The molecule has 0 aromatic heterocycles. The van der Waals surface area contributed by atoms with E-state index in [1.165, 1.54) is 24.0 Å². The Kier molecular flexibility index (Phi) is 6.58. The van der Waals surface area contributed by atoms with Crippen LogP contribution in [0.25, 0.3) is 0 Å². The minimum absolute atomic E-state index is 0.00938. The van der Waals surface area contributed by atoms with E-state index in [2.05, 4.69) is 11.4 Å². The molecular formula is C22H27NO4. The number of ether oxygens (including phenoxy) is 3. The lowest BCUT2D eigenvalue weighted by Gasteiger charge is -2.20. The van der Waals surface area contributed by atoms with Gasteiger partial charge in [0.25, 0.3) is 5.91 Å². The van der Waals surface area contributed by atoms with Crippen LogP contribution < -0.4 is 19.5 Å². The van der Waals surface area contributed by atoms with Crippen LogP contribution in [-0.2, 0) is 17.6 Å². The molecule has 2 aromatic rings. The Labute approximate surface area is 160 Å². The van der Waals surface area contributed by atoms with Crippen molar-refractivity contribution < 1.29 is 19.0 Å². The summed E-state index contributed by atoms with van der Waals surface area (Å²) in [7, 11) is 1.60. The molecule has 0 aliphatic heterocycles. The van der Waals surface area contributed by atoms with E-state index in [-0.39, 0.29) is 18.6 Å². The highest BCUT2D eigenvalue weighted by molar-refractivity contribution is 5.77. The van der Waals surface area contributed by atoms with Gasteiger partial charge in [0.15, 0.2) is 18.1 Å². The van der Waals surface area contributed by atoms with E-state index in [1.54, 1.807) is 7.11 Å². The van der Waals surface area contributed by atoms with Gasteiger partial charge in [-0.3, -0.25) is 4.79 Å². The lowest BCUT2D eigenvalue weighted by Crippen LogP contribution is -2.39. The number of benzene rings is 2. The Morgan fingerprint density at radius 1 is 1.00 bits per heavy atom. The van der Waals surface area contributed by atoms with Crippen LogP contribution in [0.2, 0.25) is 0 Å². The Hall–Kier alpha value is -2.69. The molecule has 1 unspecified atom stereocenters. The molecule has 1 atom stereocenters. The van der Waals surface area contributed by atoms with Crippen LogP contribution in [0, 0.1) is 0 Å². The molecule has 0 heterocycles. The largest absolute Gasteiger partial charge is 0.493 e. The fourth-order valence-corrected chi connectivity index (χ4v) is 3.34. The van der Waals surface area contributed by atoms with Crippen molar-refractivity contribution >= 4 is 5.91 Å². The van der Waals surface area contributed by atoms with E-state index in [4.69, 9.17) is 14.2 Å². The van der Waals surface area contributed by atoms with Crippen LogP contribution in [0.15, 0.2) is 42.5 Å². The third-order valence-electron chi connectivity index (χ3n) is 4.68. The second kappa shape index (κ2) is 9.31. The lowest BCUT2D eigenvalue weighted by atomic mass is 9.91. The summed E-state index contributed by atoms with van der Waals surface area (Å²) in [5.41, 5.74) is 2.60. The molecule has 1 N–H and O–H groups in total. The van der Waals surface area contributed by atoms with Gasteiger partial charge in [-0.15, -0.1) is 0 Å². The zero-order valence-corrected chi connectivity index (χ0v) is 16.0. The Balaban J connectivity index is 1.47. The first-order valence-electron chi connectivity index (χ1n) is 9.46. The second-order valence-electron chi connectivity index (χ2n) is 6.82. The van der Waals surface area contributed by atoms with Crippen LogP contribution in [0.3, 0.4) is 0 Å². The van der Waals surface area contributed by atoms with Crippen molar-refractivity contribution in [2.75, 3.05) is 20.3 Å². The van der Waals surface area contributed by atoms with Crippen molar-refractivity contribution in [2.24, 2.45) is 0 Å². The van der Waals surface area contributed by atoms with E-state index < -0.39 is 0 Å². The van der Waals surface area contributed by atoms with E-state index in [0.29, 0.717) is 18.1 Å². The smallest absolute Gasteiger partial charge is 0.258 e. The normalized spacial score (nSPS) is 14.0.